The fourth-order valence-electron chi connectivity index (χ4n) is 2.38. The number of halogens is 3. The molecule has 0 aromatic heterocycles. The number of hydrogen-bond acceptors (Lipinski definition) is 3. The van der Waals surface area contributed by atoms with Crippen LogP contribution >= 0.6 is 0 Å². The van der Waals surface area contributed by atoms with Gasteiger partial charge in [-0.25, -0.2) is 0 Å². The van der Waals surface area contributed by atoms with Gasteiger partial charge in [0.15, 0.2) is 0 Å². The molecule has 1 N–H and O–H groups in total. The lowest BCUT2D eigenvalue weighted by Gasteiger charge is -2.40. The molecule has 1 atom stereocenters. The van der Waals surface area contributed by atoms with E-state index in [9.17, 15) is 18.0 Å². The van der Waals surface area contributed by atoms with Gasteiger partial charge in [0, 0.05) is 26.2 Å². The van der Waals surface area contributed by atoms with Crippen molar-refractivity contribution < 1.29 is 22.7 Å². The maximum Gasteiger partial charge on any atom is 0.393 e. The smallest absolute Gasteiger partial charge is 0.363 e. The number of rotatable bonds is 3. The van der Waals surface area contributed by atoms with Crippen LogP contribution in [0.2, 0.25) is 0 Å². The van der Waals surface area contributed by atoms with Crippen molar-refractivity contribution >= 4 is 5.91 Å². The molecule has 2 aliphatic heterocycles. The highest BCUT2D eigenvalue weighted by atomic mass is 19.4. The van der Waals surface area contributed by atoms with Crippen LogP contribution in [0.15, 0.2) is 0 Å². The van der Waals surface area contributed by atoms with Crippen LogP contribution in [0.4, 0.5) is 13.2 Å². The zero-order chi connectivity index (χ0) is 14.1. The van der Waals surface area contributed by atoms with Crippen LogP contribution in [0.5, 0.6) is 0 Å². The molecule has 0 saturated carbocycles. The third-order valence-electron chi connectivity index (χ3n) is 3.78. The van der Waals surface area contributed by atoms with Gasteiger partial charge in [0.2, 0.25) is 5.91 Å². The number of amides is 1. The second kappa shape index (κ2) is 5.28. The van der Waals surface area contributed by atoms with Gasteiger partial charge >= 0.3 is 6.18 Å². The quantitative estimate of drug-likeness (QED) is 0.843. The van der Waals surface area contributed by atoms with E-state index in [1.807, 2.05) is 6.92 Å². The second-order valence-corrected chi connectivity index (χ2v) is 5.56. The van der Waals surface area contributed by atoms with E-state index < -0.39 is 12.1 Å². The second-order valence-electron chi connectivity index (χ2n) is 5.56. The van der Waals surface area contributed by atoms with Gasteiger partial charge < -0.3 is 15.0 Å². The molecule has 7 heteroatoms. The van der Waals surface area contributed by atoms with Crippen molar-refractivity contribution in [1.29, 1.82) is 0 Å². The monoisotopic (exact) mass is 280 g/mol. The first-order valence-corrected chi connectivity index (χ1v) is 6.49. The van der Waals surface area contributed by atoms with Crippen LogP contribution in [0, 0.1) is 5.92 Å². The summed E-state index contributed by atoms with van der Waals surface area (Å²) in [6.07, 6.45) is -3.71. The van der Waals surface area contributed by atoms with Crippen LogP contribution in [0.25, 0.3) is 0 Å². The summed E-state index contributed by atoms with van der Waals surface area (Å²) in [6, 6.07) is 0. The minimum atomic E-state index is -4.22. The number of carbonyl (C=O) groups excluding carboxylic acids is 1. The molecule has 1 unspecified atom stereocenters. The first-order valence-electron chi connectivity index (χ1n) is 6.49. The van der Waals surface area contributed by atoms with Crippen molar-refractivity contribution in [2.75, 3.05) is 32.8 Å². The van der Waals surface area contributed by atoms with Gasteiger partial charge in [-0.15, -0.1) is 0 Å². The van der Waals surface area contributed by atoms with Crippen molar-refractivity contribution in [1.82, 2.24) is 10.2 Å². The van der Waals surface area contributed by atoms with Crippen molar-refractivity contribution in [3.63, 3.8) is 0 Å². The summed E-state index contributed by atoms with van der Waals surface area (Å²) < 4.78 is 43.4. The molecule has 0 radical (unpaired) electrons. The van der Waals surface area contributed by atoms with E-state index in [4.69, 9.17) is 4.74 Å². The average Bonchev–Trinajstić information content (AvgIpc) is 2.33. The first-order chi connectivity index (χ1) is 8.80. The topological polar surface area (TPSA) is 41.6 Å². The van der Waals surface area contributed by atoms with Gasteiger partial charge in [-0.1, -0.05) is 0 Å². The molecule has 0 aliphatic carbocycles. The molecule has 2 saturated heterocycles. The van der Waals surface area contributed by atoms with E-state index in [0.29, 0.717) is 26.1 Å². The number of nitrogens with one attached hydrogen (secondary N) is 1. The number of ether oxygens (including phenoxy) is 1. The van der Waals surface area contributed by atoms with E-state index >= 15 is 0 Å². The zero-order valence-corrected chi connectivity index (χ0v) is 10.9. The SMILES string of the molecule is CC1(OCC(=O)N2CCCC(C(F)(F)F)C2)CNC1. The highest BCUT2D eigenvalue weighted by Crippen LogP contribution is 2.33. The average molecular weight is 280 g/mol. The summed E-state index contributed by atoms with van der Waals surface area (Å²) in [5, 5.41) is 3.03. The molecular formula is C12H19F3N2O2. The Morgan fingerprint density at radius 2 is 2.16 bits per heavy atom. The van der Waals surface area contributed by atoms with E-state index in [1.165, 1.54) is 4.90 Å². The molecule has 110 valence electrons. The van der Waals surface area contributed by atoms with E-state index in [0.717, 1.165) is 0 Å². The molecule has 2 heterocycles. The summed E-state index contributed by atoms with van der Waals surface area (Å²) in [6.45, 7) is 3.25. The number of carbonyl (C=O) groups is 1. The predicted octanol–water partition coefficient (Wildman–Crippen LogP) is 1.17. The predicted molar refractivity (Wildman–Crippen MR) is 62.6 cm³/mol. The fourth-order valence-corrected chi connectivity index (χ4v) is 2.38. The highest BCUT2D eigenvalue weighted by Gasteiger charge is 2.43. The van der Waals surface area contributed by atoms with Gasteiger partial charge in [-0.2, -0.15) is 13.2 Å². The molecular weight excluding hydrogens is 261 g/mol. The summed E-state index contributed by atoms with van der Waals surface area (Å²) in [5.74, 6) is -1.74. The maximum absolute atomic E-state index is 12.6. The van der Waals surface area contributed by atoms with E-state index in [2.05, 4.69) is 5.32 Å². The van der Waals surface area contributed by atoms with Crippen molar-refractivity contribution in [3.8, 4) is 0 Å². The molecule has 1 amide bonds. The summed E-state index contributed by atoms with van der Waals surface area (Å²) in [4.78, 5) is 13.1. The van der Waals surface area contributed by atoms with Gasteiger partial charge in [-0.3, -0.25) is 4.79 Å². The number of piperidine rings is 1. The Balaban J connectivity index is 1.81. The normalized spacial score (nSPS) is 26.9. The summed E-state index contributed by atoms with van der Waals surface area (Å²) >= 11 is 0. The van der Waals surface area contributed by atoms with Crippen LogP contribution < -0.4 is 5.32 Å². The molecule has 2 fully saturated rings. The minimum absolute atomic E-state index is 0.107. The molecule has 0 bridgehead atoms. The molecule has 2 aliphatic rings. The van der Waals surface area contributed by atoms with E-state index in [1.54, 1.807) is 0 Å². The van der Waals surface area contributed by atoms with Crippen molar-refractivity contribution in [2.45, 2.75) is 31.5 Å². The first kappa shape index (κ1) is 14.6. The van der Waals surface area contributed by atoms with Gasteiger partial charge in [-0.05, 0) is 19.8 Å². The molecule has 4 nitrogen and oxygen atoms in total. The van der Waals surface area contributed by atoms with Crippen LogP contribution in [0.3, 0.4) is 0 Å². The van der Waals surface area contributed by atoms with Gasteiger partial charge in [0.05, 0.1) is 11.5 Å². The number of nitrogens with zero attached hydrogens (tertiary/aromatic N) is 1. The third-order valence-corrected chi connectivity index (χ3v) is 3.78. The fraction of sp³-hybridized carbons (Fsp3) is 0.917. The van der Waals surface area contributed by atoms with Crippen LogP contribution in [0.1, 0.15) is 19.8 Å². The Morgan fingerprint density at radius 3 is 2.68 bits per heavy atom. The number of likely N-dealkylation sites (tertiary alicyclic amines) is 1. The maximum atomic E-state index is 12.6. The Labute approximate surface area is 110 Å². The molecule has 19 heavy (non-hydrogen) atoms. The Bertz CT molecular complexity index is 342. The lowest BCUT2D eigenvalue weighted by atomic mass is 9.97. The van der Waals surface area contributed by atoms with Gasteiger partial charge in [0.1, 0.15) is 6.61 Å². The van der Waals surface area contributed by atoms with E-state index in [-0.39, 0.29) is 31.1 Å². The lowest BCUT2D eigenvalue weighted by molar-refractivity contribution is -0.189. The van der Waals surface area contributed by atoms with Crippen LogP contribution in [-0.2, 0) is 9.53 Å². The lowest BCUT2D eigenvalue weighted by Crippen LogP contribution is -2.60. The van der Waals surface area contributed by atoms with Gasteiger partial charge in [0.25, 0.3) is 0 Å². The molecule has 0 spiro atoms. The minimum Gasteiger partial charge on any atom is -0.363 e. The number of hydrogen-bond donors (Lipinski definition) is 1. The molecule has 0 aromatic rings. The number of alkyl halides is 3. The Kier molecular flexibility index (Phi) is 4.06. The molecule has 2 rings (SSSR count). The van der Waals surface area contributed by atoms with Crippen LogP contribution in [-0.4, -0.2) is 55.4 Å². The third kappa shape index (κ3) is 3.60. The highest BCUT2D eigenvalue weighted by molar-refractivity contribution is 5.77. The summed E-state index contributed by atoms with van der Waals surface area (Å²) in [5.41, 5.74) is -0.352. The summed E-state index contributed by atoms with van der Waals surface area (Å²) in [7, 11) is 0. The van der Waals surface area contributed by atoms with Crippen molar-refractivity contribution in [3.05, 3.63) is 0 Å². The Morgan fingerprint density at radius 1 is 1.47 bits per heavy atom. The molecule has 0 aromatic carbocycles. The zero-order valence-electron chi connectivity index (χ0n) is 10.9. The Hall–Kier alpha value is -0.820. The largest absolute Gasteiger partial charge is 0.393 e. The van der Waals surface area contributed by atoms with Crippen molar-refractivity contribution in [2.24, 2.45) is 5.92 Å². The standard InChI is InChI=1S/C12H19F3N2O2/c1-11(7-16-8-11)19-6-10(18)17-4-2-3-9(5-17)12(13,14)15/h9,16H,2-8H2,1H3.